The van der Waals surface area contributed by atoms with Crippen LogP contribution in [-0.4, -0.2) is 35.9 Å². The number of halogens is 2. The van der Waals surface area contributed by atoms with Crippen LogP contribution in [0, 0.1) is 12.8 Å². The van der Waals surface area contributed by atoms with Gasteiger partial charge in [0.05, 0.1) is 4.47 Å². The van der Waals surface area contributed by atoms with E-state index in [0.717, 1.165) is 16.7 Å². The van der Waals surface area contributed by atoms with Gasteiger partial charge in [-0.2, -0.15) is 0 Å². The Kier molecular flexibility index (Phi) is 10.4. The number of rotatable bonds is 11. The highest BCUT2D eigenvalue weighted by atomic mass is 79.9. The molecule has 3 rings (SSSR count). The maximum absolute atomic E-state index is 13.6. The van der Waals surface area contributed by atoms with E-state index in [4.69, 9.17) is 16.3 Å². The van der Waals surface area contributed by atoms with Crippen LogP contribution in [0.3, 0.4) is 0 Å². The fourth-order valence-electron chi connectivity index (χ4n) is 3.80. The van der Waals surface area contributed by atoms with Gasteiger partial charge < -0.3 is 15.0 Å². The monoisotopic (exact) mass is 570 g/mol. The van der Waals surface area contributed by atoms with Crippen molar-refractivity contribution < 1.29 is 14.3 Å². The molecule has 1 atom stereocenters. The summed E-state index contributed by atoms with van der Waals surface area (Å²) in [6, 6.07) is 22.1. The van der Waals surface area contributed by atoms with E-state index >= 15 is 0 Å². The molecule has 0 fully saturated rings. The standard InChI is InChI=1S/C29H32BrClN2O3/c1-20(2)17-32-29(35)26(15-22-9-5-4-6-10-22)33(18-23-11-7-8-21(3)14-23)28(34)19-36-27-13-12-24(31)16-25(27)30/h4-14,16,20,26H,15,17-19H2,1-3H3,(H,32,35)/t26-/m0/s1. The quantitative estimate of drug-likeness (QED) is 0.298. The zero-order valence-corrected chi connectivity index (χ0v) is 23.2. The van der Waals surface area contributed by atoms with E-state index in [1.165, 1.54) is 0 Å². The minimum absolute atomic E-state index is 0.179. The van der Waals surface area contributed by atoms with E-state index in [9.17, 15) is 9.59 Å². The number of amides is 2. The van der Waals surface area contributed by atoms with Crippen molar-refractivity contribution >= 4 is 39.3 Å². The fourth-order valence-corrected chi connectivity index (χ4v) is 4.60. The molecule has 5 nitrogen and oxygen atoms in total. The Labute approximate surface area is 226 Å². The molecule has 0 radical (unpaired) electrons. The Morgan fingerprint density at radius 1 is 1.00 bits per heavy atom. The first kappa shape index (κ1) is 27.8. The summed E-state index contributed by atoms with van der Waals surface area (Å²) in [7, 11) is 0. The predicted molar refractivity (Wildman–Crippen MR) is 148 cm³/mol. The lowest BCUT2D eigenvalue weighted by Crippen LogP contribution is -2.52. The number of carbonyl (C=O) groups excluding carboxylic acids is 2. The van der Waals surface area contributed by atoms with Crippen LogP contribution >= 0.6 is 27.5 Å². The van der Waals surface area contributed by atoms with Gasteiger partial charge in [-0.3, -0.25) is 9.59 Å². The zero-order chi connectivity index (χ0) is 26.1. The molecule has 0 aliphatic heterocycles. The Hall–Kier alpha value is -2.83. The Balaban J connectivity index is 1.91. The van der Waals surface area contributed by atoms with E-state index in [-0.39, 0.29) is 30.9 Å². The average molecular weight is 572 g/mol. The molecular formula is C29H32BrClN2O3. The first-order valence-corrected chi connectivity index (χ1v) is 13.1. The van der Waals surface area contributed by atoms with Crippen LogP contribution < -0.4 is 10.1 Å². The molecule has 3 aromatic carbocycles. The van der Waals surface area contributed by atoms with E-state index in [2.05, 4.69) is 21.2 Å². The van der Waals surface area contributed by atoms with Gasteiger partial charge in [-0.1, -0.05) is 85.6 Å². The highest BCUT2D eigenvalue weighted by molar-refractivity contribution is 9.10. The number of nitrogens with one attached hydrogen (secondary N) is 1. The summed E-state index contributed by atoms with van der Waals surface area (Å²) in [6.45, 7) is 6.70. The number of ether oxygens (including phenoxy) is 1. The van der Waals surface area contributed by atoms with E-state index in [1.807, 2.05) is 75.4 Å². The van der Waals surface area contributed by atoms with Gasteiger partial charge in [0, 0.05) is 24.5 Å². The molecule has 0 saturated heterocycles. The largest absolute Gasteiger partial charge is 0.483 e. The van der Waals surface area contributed by atoms with Crippen LogP contribution in [0.1, 0.15) is 30.5 Å². The minimum Gasteiger partial charge on any atom is -0.483 e. The van der Waals surface area contributed by atoms with E-state index in [1.54, 1.807) is 23.1 Å². The molecule has 0 saturated carbocycles. The summed E-state index contributed by atoms with van der Waals surface area (Å²) in [5, 5.41) is 3.59. The molecule has 1 N–H and O–H groups in total. The summed E-state index contributed by atoms with van der Waals surface area (Å²) < 4.78 is 6.50. The second-order valence-corrected chi connectivity index (χ2v) is 10.5. The molecule has 0 aliphatic carbocycles. The molecule has 0 aliphatic rings. The van der Waals surface area contributed by atoms with Crippen LogP contribution in [0.15, 0.2) is 77.3 Å². The van der Waals surface area contributed by atoms with Gasteiger partial charge in [0.25, 0.3) is 5.91 Å². The molecule has 0 aromatic heterocycles. The number of nitrogens with zero attached hydrogens (tertiary/aromatic N) is 1. The first-order valence-electron chi connectivity index (χ1n) is 12.0. The Morgan fingerprint density at radius 2 is 1.72 bits per heavy atom. The van der Waals surface area contributed by atoms with Gasteiger partial charge in [-0.05, 0) is 58.1 Å². The molecule has 190 valence electrons. The third kappa shape index (κ3) is 8.38. The lowest BCUT2D eigenvalue weighted by Gasteiger charge is -2.32. The molecule has 36 heavy (non-hydrogen) atoms. The van der Waals surface area contributed by atoms with Gasteiger partial charge in [-0.15, -0.1) is 0 Å². The van der Waals surface area contributed by atoms with Gasteiger partial charge in [0.15, 0.2) is 6.61 Å². The smallest absolute Gasteiger partial charge is 0.261 e. The maximum atomic E-state index is 13.6. The van der Waals surface area contributed by atoms with Crippen LogP contribution in [0.4, 0.5) is 0 Å². The van der Waals surface area contributed by atoms with Crippen molar-refractivity contribution in [1.29, 1.82) is 0 Å². The molecule has 2 amide bonds. The van der Waals surface area contributed by atoms with Crippen LogP contribution in [0.2, 0.25) is 5.02 Å². The van der Waals surface area contributed by atoms with E-state index < -0.39 is 6.04 Å². The summed E-state index contributed by atoms with van der Waals surface area (Å²) >= 11 is 9.46. The first-order chi connectivity index (χ1) is 17.2. The number of benzene rings is 3. The molecule has 3 aromatic rings. The van der Waals surface area contributed by atoms with Gasteiger partial charge in [0.2, 0.25) is 5.91 Å². The van der Waals surface area contributed by atoms with E-state index in [0.29, 0.717) is 28.2 Å². The highest BCUT2D eigenvalue weighted by Gasteiger charge is 2.31. The third-order valence-corrected chi connectivity index (χ3v) is 6.49. The summed E-state index contributed by atoms with van der Waals surface area (Å²) in [4.78, 5) is 28.7. The molecule has 7 heteroatoms. The van der Waals surface area contributed by atoms with Crippen LogP contribution in [0.25, 0.3) is 0 Å². The van der Waals surface area contributed by atoms with Crippen molar-refractivity contribution in [3.05, 3.63) is 99.0 Å². The van der Waals surface area contributed by atoms with Gasteiger partial charge in [-0.25, -0.2) is 0 Å². The maximum Gasteiger partial charge on any atom is 0.261 e. The Bertz CT molecular complexity index is 1170. The molecule has 0 spiro atoms. The Morgan fingerprint density at radius 3 is 2.39 bits per heavy atom. The second-order valence-electron chi connectivity index (χ2n) is 9.22. The van der Waals surface area contributed by atoms with Crippen LogP contribution in [0.5, 0.6) is 5.75 Å². The topological polar surface area (TPSA) is 58.6 Å². The predicted octanol–water partition coefficient (Wildman–Crippen LogP) is 6.20. The molecular weight excluding hydrogens is 540 g/mol. The highest BCUT2D eigenvalue weighted by Crippen LogP contribution is 2.28. The summed E-state index contributed by atoms with van der Waals surface area (Å²) in [5.41, 5.74) is 3.02. The normalized spacial score (nSPS) is 11.7. The van der Waals surface area contributed by atoms with Crippen molar-refractivity contribution in [1.82, 2.24) is 10.2 Å². The minimum atomic E-state index is -0.698. The SMILES string of the molecule is Cc1cccc(CN(C(=O)COc2ccc(Cl)cc2Br)[C@@H](Cc2ccccc2)C(=O)NCC(C)C)c1. The van der Waals surface area contributed by atoms with Crippen LogP contribution in [-0.2, 0) is 22.6 Å². The van der Waals surface area contributed by atoms with Crippen molar-refractivity contribution in [2.45, 2.75) is 39.8 Å². The van der Waals surface area contributed by atoms with Crippen molar-refractivity contribution in [3.8, 4) is 5.75 Å². The lowest BCUT2D eigenvalue weighted by molar-refractivity contribution is -0.142. The van der Waals surface area contributed by atoms with Gasteiger partial charge in [0.1, 0.15) is 11.8 Å². The number of hydrogen-bond acceptors (Lipinski definition) is 3. The zero-order valence-electron chi connectivity index (χ0n) is 20.8. The van der Waals surface area contributed by atoms with Gasteiger partial charge >= 0.3 is 0 Å². The molecule has 0 unspecified atom stereocenters. The van der Waals surface area contributed by atoms with Crippen molar-refractivity contribution in [3.63, 3.8) is 0 Å². The molecule has 0 heterocycles. The number of aryl methyl sites for hydroxylation is 1. The third-order valence-electron chi connectivity index (χ3n) is 5.64. The average Bonchev–Trinajstić information content (AvgIpc) is 2.84. The molecule has 0 bridgehead atoms. The fraction of sp³-hybridized carbons (Fsp3) is 0.310. The number of hydrogen-bond donors (Lipinski definition) is 1. The summed E-state index contributed by atoms with van der Waals surface area (Å²) in [6.07, 6.45) is 0.396. The summed E-state index contributed by atoms with van der Waals surface area (Å²) in [5.74, 6) is 0.338. The number of carbonyl (C=O) groups is 2. The second kappa shape index (κ2) is 13.5. The lowest BCUT2D eigenvalue weighted by atomic mass is 10.0. The van der Waals surface area contributed by atoms with Crippen molar-refractivity contribution in [2.75, 3.05) is 13.2 Å². The van der Waals surface area contributed by atoms with Crippen molar-refractivity contribution in [2.24, 2.45) is 5.92 Å².